The minimum atomic E-state index is -0.694. The molecule has 3 rings (SSSR count). The fraction of sp³-hybridized carbons (Fsp3) is 0.133. The van der Waals surface area contributed by atoms with Crippen LogP contribution in [0.25, 0.3) is 11.0 Å². The standard InChI is InChI=1S/C15H11F3N2S/c16-10-7-12(18)14-13(8-10)20(15(21)19-14)6-5-9-3-1-2-4-11(9)17/h1-4,7-8H,5-6H2,(H,19,21). The first kappa shape index (κ1) is 13.9. The first-order valence-corrected chi connectivity index (χ1v) is 6.78. The van der Waals surface area contributed by atoms with E-state index in [-0.39, 0.29) is 16.1 Å². The van der Waals surface area contributed by atoms with E-state index in [1.807, 2.05) is 0 Å². The normalized spacial score (nSPS) is 11.2. The third-order valence-corrected chi connectivity index (χ3v) is 3.69. The van der Waals surface area contributed by atoms with Crippen molar-refractivity contribution in [2.75, 3.05) is 0 Å². The lowest BCUT2D eigenvalue weighted by atomic mass is 10.1. The van der Waals surface area contributed by atoms with E-state index < -0.39 is 11.6 Å². The van der Waals surface area contributed by atoms with Crippen molar-refractivity contribution in [3.8, 4) is 0 Å². The monoisotopic (exact) mass is 308 g/mol. The molecular formula is C15H11F3N2S. The number of imidazole rings is 1. The lowest BCUT2D eigenvalue weighted by Gasteiger charge is -2.06. The van der Waals surface area contributed by atoms with Crippen molar-refractivity contribution >= 4 is 23.3 Å². The Hall–Kier alpha value is -2.08. The molecule has 0 aliphatic carbocycles. The van der Waals surface area contributed by atoms with Gasteiger partial charge in [0.15, 0.2) is 10.6 Å². The van der Waals surface area contributed by atoms with Crippen molar-refractivity contribution in [2.45, 2.75) is 13.0 Å². The van der Waals surface area contributed by atoms with Crippen molar-refractivity contribution in [3.63, 3.8) is 0 Å². The van der Waals surface area contributed by atoms with Crippen LogP contribution in [-0.2, 0) is 13.0 Å². The molecule has 1 N–H and O–H groups in total. The van der Waals surface area contributed by atoms with Gasteiger partial charge in [-0.1, -0.05) is 18.2 Å². The summed E-state index contributed by atoms with van der Waals surface area (Å²) in [4.78, 5) is 2.72. The number of hydrogen-bond acceptors (Lipinski definition) is 1. The summed E-state index contributed by atoms with van der Waals surface area (Å²) in [6, 6.07) is 8.42. The Kier molecular flexibility index (Phi) is 3.55. The second-order valence-electron chi connectivity index (χ2n) is 4.70. The number of nitrogens with zero attached hydrogens (tertiary/aromatic N) is 1. The van der Waals surface area contributed by atoms with Gasteiger partial charge < -0.3 is 9.55 Å². The van der Waals surface area contributed by atoms with Gasteiger partial charge in [-0.05, 0) is 36.3 Å². The molecule has 3 aromatic rings. The summed E-state index contributed by atoms with van der Waals surface area (Å²) in [5, 5.41) is 0. The molecule has 0 bridgehead atoms. The van der Waals surface area contributed by atoms with Gasteiger partial charge in [-0.3, -0.25) is 0 Å². The molecule has 2 nitrogen and oxygen atoms in total. The van der Waals surface area contributed by atoms with Crippen LogP contribution < -0.4 is 0 Å². The van der Waals surface area contributed by atoms with E-state index in [2.05, 4.69) is 4.98 Å². The second kappa shape index (κ2) is 5.37. The number of nitrogens with one attached hydrogen (secondary N) is 1. The molecule has 0 unspecified atom stereocenters. The van der Waals surface area contributed by atoms with E-state index in [0.717, 1.165) is 6.07 Å². The fourth-order valence-corrected chi connectivity index (χ4v) is 2.63. The van der Waals surface area contributed by atoms with Crippen molar-refractivity contribution in [3.05, 3.63) is 64.2 Å². The third kappa shape index (κ3) is 2.58. The SMILES string of the molecule is Fc1cc(F)c2[nH]c(=S)n(CCc3ccccc3F)c2c1. The third-order valence-electron chi connectivity index (χ3n) is 3.36. The molecule has 0 fully saturated rings. The number of benzene rings is 2. The van der Waals surface area contributed by atoms with Crippen LogP contribution in [0.1, 0.15) is 5.56 Å². The first-order chi connectivity index (χ1) is 10.1. The molecule has 0 aliphatic rings. The minimum absolute atomic E-state index is 0.162. The van der Waals surface area contributed by atoms with E-state index in [9.17, 15) is 13.2 Å². The Morgan fingerprint density at radius 2 is 1.81 bits per heavy atom. The lowest BCUT2D eigenvalue weighted by Crippen LogP contribution is -2.03. The van der Waals surface area contributed by atoms with E-state index in [1.165, 1.54) is 12.1 Å². The van der Waals surface area contributed by atoms with Crippen LogP contribution in [0.4, 0.5) is 13.2 Å². The maximum atomic E-state index is 13.7. The number of halogens is 3. The number of hydrogen-bond donors (Lipinski definition) is 1. The largest absolute Gasteiger partial charge is 0.328 e. The highest BCUT2D eigenvalue weighted by molar-refractivity contribution is 7.71. The van der Waals surface area contributed by atoms with E-state index in [4.69, 9.17) is 12.2 Å². The summed E-state index contributed by atoms with van der Waals surface area (Å²) in [6.45, 7) is 0.336. The molecule has 0 saturated heterocycles. The molecule has 0 spiro atoms. The van der Waals surface area contributed by atoms with Crippen molar-refractivity contribution in [2.24, 2.45) is 0 Å². The maximum Gasteiger partial charge on any atom is 0.178 e. The average Bonchev–Trinajstić information content (AvgIpc) is 2.75. The van der Waals surface area contributed by atoms with Gasteiger partial charge in [0, 0.05) is 12.6 Å². The van der Waals surface area contributed by atoms with Crippen LogP contribution in [0.2, 0.25) is 0 Å². The second-order valence-corrected chi connectivity index (χ2v) is 5.09. The van der Waals surface area contributed by atoms with Crippen molar-refractivity contribution in [1.29, 1.82) is 0 Å². The molecule has 0 saturated carbocycles. The predicted molar refractivity (Wildman–Crippen MR) is 77.1 cm³/mol. The Morgan fingerprint density at radius 3 is 2.57 bits per heavy atom. The molecular weight excluding hydrogens is 297 g/mol. The van der Waals surface area contributed by atoms with Gasteiger partial charge in [0.1, 0.15) is 17.2 Å². The van der Waals surface area contributed by atoms with Crippen molar-refractivity contribution < 1.29 is 13.2 Å². The van der Waals surface area contributed by atoms with Gasteiger partial charge in [0.2, 0.25) is 0 Å². The van der Waals surface area contributed by atoms with Gasteiger partial charge in [-0.2, -0.15) is 0 Å². The van der Waals surface area contributed by atoms with Gasteiger partial charge in [-0.15, -0.1) is 0 Å². The molecule has 2 aromatic carbocycles. The smallest absolute Gasteiger partial charge is 0.178 e. The zero-order valence-electron chi connectivity index (χ0n) is 10.9. The Labute approximate surface area is 123 Å². The van der Waals surface area contributed by atoms with Gasteiger partial charge in [0.25, 0.3) is 0 Å². The summed E-state index contributed by atoms with van der Waals surface area (Å²) in [6.07, 6.45) is 0.381. The lowest BCUT2D eigenvalue weighted by molar-refractivity contribution is 0.587. The topological polar surface area (TPSA) is 20.7 Å². The average molecular weight is 308 g/mol. The summed E-state index contributed by atoms with van der Waals surface area (Å²) in [5.41, 5.74) is 1.04. The van der Waals surface area contributed by atoms with Crippen LogP contribution in [0, 0.1) is 22.2 Å². The number of aryl methyl sites for hydroxylation is 2. The molecule has 0 amide bonds. The maximum absolute atomic E-state index is 13.7. The highest BCUT2D eigenvalue weighted by Crippen LogP contribution is 2.20. The van der Waals surface area contributed by atoms with E-state index >= 15 is 0 Å². The zero-order valence-corrected chi connectivity index (χ0v) is 11.7. The Balaban J connectivity index is 2.00. The highest BCUT2D eigenvalue weighted by atomic mass is 32.1. The quantitative estimate of drug-likeness (QED) is 0.713. The van der Waals surface area contributed by atoms with Gasteiger partial charge in [-0.25, -0.2) is 13.2 Å². The highest BCUT2D eigenvalue weighted by Gasteiger charge is 2.11. The molecule has 1 heterocycles. The molecule has 21 heavy (non-hydrogen) atoms. The van der Waals surface area contributed by atoms with Crippen LogP contribution in [0.15, 0.2) is 36.4 Å². The number of fused-ring (bicyclic) bond motifs is 1. The van der Waals surface area contributed by atoms with Gasteiger partial charge in [0.05, 0.1) is 5.52 Å². The molecule has 0 atom stereocenters. The molecule has 6 heteroatoms. The summed E-state index contributed by atoms with van der Waals surface area (Å²) in [7, 11) is 0. The Morgan fingerprint density at radius 1 is 1.05 bits per heavy atom. The number of aromatic nitrogens is 2. The Bertz CT molecular complexity index is 867. The van der Waals surface area contributed by atoms with Crippen LogP contribution in [-0.4, -0.2) is 9.55 Å². The number of rotatable bonds is 3. The van der Waals surface area contributed by atoms with Gasteiger partial charge >= 0.3 is 0 Å². The van der Waals surface area contributed by atoms with Crippen LogP contribution in [0.5, 0.6) is 0 Å². The van der Waals surface area contributed by atoms with E-state index in [0.29, 0.717) is 24.0 Å². The van der Waals surface area contributed by atoms with Crippen LogP contribution in [0.3, 0.4) is 0 Å². The summed E-state index contributed by atoms with van der Waals surface area (Å²) >= 11 is 5.13. The molecule has 0 aliphatic heterocycles. The number of aromatic amines is 1. The molecule has 108 valence electrons. The fourth-order valence-electron chi connectivity index (χ4n) is 2.34. The molecule has 1 aromatic heterocycles. The molecule has 0 radical (unpaired) electrons. The first-order valence-electron chi connectivity index (χ1n) is 6.37. The van der Waals surface area contributed by atoms with E-state index in [1.54, 1.807) is 22.8 Å². The zero-order chi connectivity index (χ0) is 15.0. The van der Waals surface area contributed by atoms with Crippen molar-refractivity contribution in [1.82, 2.24) is 9.55 Å². The number of H-pyrrole nitrogens is 1. The minimum Gasteiger partial charge on any atom is -0.328 e. The van der Waals surface area contributed by atoms with Crippen LogP contribution >= 0.6 is 12.2 Å². The predicted octanol–water partition coefficient (Wildman–Crippen LogP) is 4.36. The summed E-state index contributed by atoms with van der Waals surface area (Å²) < 4.78 is 42.5. The summed E-state index contributed by atoms with van der Waals surface area (Å²) in [5.74, 6) is -1.67.